The van der Waals surface area contributed by atoms with Crippen LogP contribution in [0.4, 0.5) is 0 Å². The number of carbonyl (C=O) groups is 1. The van der Waals surface area contributed by atoms with Crippen LogP contribution in [0.2, 0.25) is 0 Å². The second-order valence-corrected chi connectivity index (χ2v) is 6.54. The summed E-state index contributed by atoms with van der Waals surface area (Å²) in [5.74, 6) is -0.121. The highest BCUT2D eigenvalue weighted by atomic mass is 32.2. The fraction of sp³-hybridized carbons (Fsp3) is 0.571. The molecule has 0 aliphatic carbocycles. The third kappa shape index (κ3) is 4.02. The van der Waals surface area contributed by atoms with Gasteiger partial charge in [-0.3, -0.25) is 0 Å². The van der Waals surface area contributed by atoms with Crippen LogP contribution in [0.1, 0.15) is 56.6 Å². The Hall–Kier alpha value is -1.03. The summed E-state index contributed by atoms with van der Waals surface area (Å²) < 4.78 is 0. The van der Waals surface area contributed by atoms with Gasteiger partial charge in [0, 0.05) is 10.9 Å². The minimum atomic E-state index is -0.890. The molecule has 1 aromatic heterocycles. The molecule has 100 valence electrons. The molecule has 1 rings (SSSR count). The quantitative estimate of drug-likeness (QED) is 0.818. The Labute approximate surface area is 113 Å². The Morgan fingerprint density at radius 3 is 2.28 bits per heavy atom. The average molecular weight is 267 g/mol. The fourth-order valence-electron chi connectivity index (χ4n) is 1.33. The first kappa shape index (κ1) is 15.0. The number of carboxylic acids is 1. The summed E-state index contributed by atoms with van der Waals surface area (Å²) in [5, 5.41) is 10.3. The summed E-state index contributed by atoms with van der Waals surface area (Å²) >= 11 is 1.64. The van der Waals surface area contributed by atoms with E-state index >= 15 is 0 Å². The molecule has 4 heteroatoms. The highest BCUT2D eigenvalue weighted by Gasteiger charge is 2.14. The van der Waals surface area contributed by atoms with Gasteiger partial charge in [0.25, 0.3) is 0 Å². The average Bonchev–Trinajstić information content (AvgIpc) is 2.28. The summed E-state index contributed by atoms with van der Waals surface area (Å²) in [5.41, 5.74) is 1.17. The predicted octanol–water partition coefficient (Wildman–Crippen LogP) is 4.04. The maximum atomic E-state index is 11.1. The number of pyridine rings is 1. The van der Waals surface area contributed by atoms with E-state index in [1.165, 1.54) is 0 Å². The van der Waals surface area contributed by atoms with E-state index in [-0.39, 0.29) is 5.92 Å². The molecule has 18 heavy (non-hydrogen) atoms. The normalized spacial score (nSPS) is 13.1. The summed E-state index contributed by atoms with van der Waals surface area (Å²) in [6, 6.07) is 3.33. The van der Waals surface area contributed by atoms with E-state index in [2.05, 4.69) is 25.8 Å². The van der Waals surface area contributed by atoms with Gasteiger partial charge in [0.05, 0.1) is 10.6 Å². The molecule has 0 radical (unpaired) electrons. The van der Waals surface area contributed by atoms with Crippen molar-refractivity contribution in [3.63, 3.8) is 0 Å². The molecule has 0 saturated carbocycles. The topological polar surface area (TPSA) is 50.2 Å². The number of aromatic carboxylic acids is 1. The molecule has 1 aromatic rings. The van der Waals surface area contributed by atoms with Crippen molar-refractivity contribution in [3.8, 4) is 0 Å². The molecule has 0 aliphatic heterocycles. The van der Waals surface area contributed by atoms with E-state index in [1.807, 2.05) is 13.8 Å². The van der Waals surface area contributed by atoms with E-state index in [9.17, 15) is 4.79 Å². The molecule has 1 heterocycles. The Bertz CT molecular complexity index is 430. The number of rotatable bonds is 5. The van der Waals surface area contributed by atoms with Gasteiger partial charge < -0.3 is 5.11 Å². The first-order chi connectivity index (χ1) is 8.31. The standard InChI is InChI=1S/C14H21NO2S/c1-8(2)10(5)18-13-7-11(14(16)17)6-12(15-13)9(3)4/h6-10H,1-5H3,(H,16,17). The Morgan fingerprint density at radius 1 is 1.22 bits per heavy atom. The van der Waals surface area contributed by atoms with Gasteiger partial charge in [-0.1, -0.05) is 34.6 Å². The molecule has 1 N–H and O–H groups in total. The molecular weight excluding hydrogens is 246 g/mol. The lowest BCUT2D eigenvalue weighted by Crippen LogP contribution is -2.08. The van der Waals surface area contributed by atoms with E-state index < -0.39 is 5.97 Å². The zero-order valence-corrected chi connectivity index (χ0v) is 12.4. The highest BCUT2D eigenvalue weighted by Crippen LogP contribution is 2.28. The van der Waals surface area contributed by atoms with Crippen LogP contribution in [0.15, 0.2) is 17.2 Å². The number of thioether (sulfide) groups is 1. The summed E-state index contributed by atoms with van der Waals surface area (Å²) in [6.07, 6.45) is 0. The van der Waals surface area contributed by atoms with Crippen molar-refractivity contribution in [3.05, 3.63) is 23.4 Å². The minimum Gasteiger partial charge on any atom is -0.478 e. The van der Waals surface area contributed by atoms with Gasteiger partial charge in [0.2, 0.25) is 0 Å². The molecule has 0 saturated heterocycles. The van der Waals surface area contributed by atoms with Crippen LogP contribution in [0, 0.1) is 5.92 Å². The van der Waals surface area contributed by atoms with Crippen LogP contribution >= 0.6 is 11.8 Å². The van der Waals surface area contributed by atoms with Crippen molar-refractivity contribution >= 4 is 17.7 Å². The SMILES string of the molecule is CC(C)c1cc(C(=O)O)cc(SC(C)C(C)C)n1. The third-order valence-corrected chi connectivity index (χ3v) is 4.27. The smallest absolute Gasteiger partial charge is 0.335 e. The van der Waals surface area contributed by atoms with Gasteiger partial charge in [-0.05, 0) is 24.0 Å². The number of hydrogen-bond acceptors (Lipinski definition) is 3. The van der Waals surface area contributed by atoms with Crippen LogP contribution < -0.4 is 0 Å². The number of hydrogen-bond donors (Lipinski definition) is 1. The van der Waals surface area contributed by atoms with Gasteiger partial charge in [-0.2, -0.15) is 0 Å². The molecule has 3 nitrogen and oxygen atoms in total. The molecule has 0 bridgehead atoms. The maximum Gasteiger partial charge on any atom is 0.335 e. The van der Waals surface area contributed by atoms with Gasteiger partial charge in [0.1, 0.15) is 0 Å². The van der Waals surface area contributed by atoms with E-state index in [0.29, 0.717) is 16.7 Å². The Kier molecular flexibility index (Phi) is 5.20. The van der Waals surface area contributed by atoms with Crippen LogP contribution in [0.3, 0.4) is 0 Å². The second-order valence-electron chi connectivity index (χ2n) is 5.15. The summed E-state index contributed by atoms with van der Waals surface area (Å²) in [6.45, 7) is 10.5. The first-order valence-corrected chi connectivity index (χ1v) is 7.11. The largest absolute Gasteiger partial charge is 0.478 e. The fourth-order valence-corrected chi connectivity index (χ4v) is 2.34. The first-order valence-electron chi connectivity index (χ1n) is 6.23. The summed E-state index contributed by atoms with van der Waals surface area (Å²) in [4.78, 5) is 15.6. The molecule has 1 unspecified atom stereocenters. The van der Waals surface area contributed by atoms with Crippen LogP contribution in [-0.2, 0) is 0 Å². The van der Waals surface area contributed by atoms with Crippen LogP contribution in [0.5, 0.6) is 0 Å². The van der Waals surface area contributed by atoms with E-state index in [4.69, 9.17) is 5.11 Å². The Balaban J connectivity index is 3.07. The highest BCUT2D eigenvalue weighted by molar-refractivity contribution is 7.99. The number of aromatic nitrogens is 1. The molecular formula is C14H21NO2S. The lowest BCUT2D eigenvalue weighted by Gasteiger charge is -2.16. The Morgan fingerprint density at radius 2 is 1.83 bits per heavy atom. The third-order valence-electron chi connectivity index (χ3n) is 2.91. The molecule has 0 fully saturated rings. The van der Waals surface area contributed by atoms with E-state index in [0.717, 1.165) is 10.7 Å². The lowest BCUT2D eigenvalue weighted by molar-refractivity contribution is 0.0696. The van der Waals surface area contributed by atoms with Crippen LogP contribution in [0.25, 0.3) is 0 Å². The van der Waals surface area contributed by atoms with Crippen molar-refractivity contribution in [2.75, 3.05) is 0 Å². The van der Waals surface area contributed by atoms with Crippen molar-refractivity contribution in [2.45, 2.75) is 50.8 Å². The predicted molar refractivity (Wildman–Crippen MR) is 75.4 cm³/mol. The molecule has 0 aromatic carbocycles. The second kappa shape index (κ2) is 6.23. The van der Waals surface area contributed by atoms with Crippen LogP contribution in [-0.4, -0.2) is 21.3 Å². The van der Waals surface area contributed by atoms with Gasteiger partial charge in [-0.15, -0.1) is 11.8 Å². The zero-order valence-electron chi connectivity index (χ0n) is 11.6. The summed E-state index contributed by atoms with van der Waals surface area (Å²) in [7, 11) is 0. The number of carboxylic acid groups (broad SMARTS) is 1. The van der Waals surface area contributed by atoms with Crippen molar-refractivity contribution in [1.82, 2.24) is 4.98 Å². The maximum absolute atomic E-state index is 11.1. The zero-order chi connectivity index (χ0) is 13.9. The van der Waals surface area contributed by atoms with Crippen molar-refractivity contribution in [2.24, 2.45) is 5.92 Å². The minimum absolute atomic E-state index is 0.234. The molecule has 1 atom stereocenters. The molecule has 0 aliphatic rings. The van der Waals surface area contributed by atoms with Crippen molar-refractivity contribution in [1.29, 1.82) is 0 Å². The van der Waals surface area contributed by atoms with Gasteiger partial charge in [-0.25, -0.2) is 9.78 Å². The molecule has 0 spiro atoms. The van der Waals surface area contributed by atoms with Crippen molar-refractivity contribution < 1.29 is 9.90 Å². The molecule has 0 amide bonds. The lowest BCUT2D eigenvalue weighted by atomic mass is 10.1. The van der Waals surface area contributed by atoms with Gasteiger partial charge in [0.15, 0.2) is 0 Å². The van der Waals surface area contributed by atoms with E-state index in [1.54, 1.807) is 23.9 Å². The number of nitrogens with zero attached hydrogens (tertiary/aromatic N) is 1. The van der Waals surface area contributed by atoms with Gasteiger partial charge >= 0.3 is 5.97 Å². The monoisotopic (exact) mass is 267 g/mol.